The molecular weight excluding hydrogens is 192 g/mol. The second-order valence-corrected chi connectivity index (χ2v) is 4.03. The fraction of sp³-hybridized carbons (Fsp3) is 0.600. The molecule has 1 aliphatic heterocycles. The lowest BCUT2D eigenvalue weighted by molar-refractivity contribution is 0.481. The van der Waals surface area contributed by atoms with Crippen molar-refractivity contribution in [2.45, 2.75) is 32.2 Å². The maximum atomic E-state index is 11.3. The lowest BCUT2D eigenvalue weighted by atomic mass is 10.0. The number of aromatic amines is 1. The lowest BCUT2D eigenvalue weighted by Gasteiger charge is -2.34. The maximum absolute atomic E-state index is 11.3. The van der Waals surface area contributed by atoms with E-state index in [-0.39, 0.29) is 11.5 Å². The maximum Gasteiger partial charge on any atom is 0.254 e. The lowest BCUT2D eigenvalue weighted by Crippen LogP contribution is -2.38. The molecule has 5 heteroatoms. The third-order valence-corrected chi connectivity index (χ3v) is 2.84. The van der Waals surface area contributed by atoms with E-state index in [9.17, 15) is 4.79 Å². The van der Waals surface area contributed by atoms with Gasteiger partial charge in [-0.2, -0.15) is 4.98 Å². The van der Waals surface area contributed by atoms with E-state index in [1.807, 2.05) is 0 Å². The third kappa shape index (κ3) is 2.11. The van der Waals surface area contributed by atoms with Crippen LogP contribution in [0.4, 0.5) is 11.8 Å². The zero-order chi connectivity index (χ0) is 10.8. The van der Waals surface area contributed by atoms with Crippen LogP contribution in [0.15, 0.2) is 10.9 Å². The molecule has 82 valence electrons. The molecule has 0 bridgehead atoms. The minimum absolute atomic E-state index is 0.185. The molecule has 0 radical (unpaired) electrons. The highest BCUT2D eigenvalue weighted by Gasteiger charge is 2.19. The SMILES string of the molecule is CC1CCCCN1c1cc(=O)[nH]c(N)n1. The van der Waals surface area contributed by atoms with Crippen LogP contribution in [-0.2, 0) is 0 Å². The standard InChI is InChI=1S/C10H16N4O/c1-7-4-2-3-5-14(7)8-6-9(15)13-10(11)12-8/h6-7H,2-5H2,1H3,(H3,11,12,13,15). The molecule has 1 unspecified atom stereocenters. The molecule has 2 rings (SSSR count). The number of rotatable bonds is 1. The van der Waals surface area contributed by atoms with Crippen LogP contribution in [0.2, 0.25) is 0 Å². The van der Waals surface area contributed by atoms with Crippen LogP contribution in [0.25, 0.3) is 0 Å². The highest BCUT2D eigenvalue weighted by molar-refractivity contribution is 5.42. The van der Waals surface area contributed by atoms with Crippen molar-refractivity contribution in [2.75, 3.05) is 17.2 Å². The normalized spacial score (nSPS) is 21.7. The Morgan fingerprint density at radius 1 is 1.60 bits per heavy atom. The van der Waals surface area contributed by atoms with E-state index in [4.69, 9.17) is 5.73 Å². The predicted octanol–water partition coefficient (Wildman–Crippen LogP) is 0.731. The van der Waals surface area contributed by atoms with Gasteiger partial charge in [0, 0.05) is 18.7 Å². The van der Waals surface area contributed by atoms with E-state index >= 15 is 0 Å². The molecule has 1 aliphatic rings. The first-order valence-electron chi connectivity index (χ1n) is 5.30. The van der Waals surface area contributed by atoms with Gasteiger partial charge in [-0.25, -0.2) is 0 Å². The minimum Gasteiger partial charge on any atom is -0.369 e. The van der Waals surface area contributed by atoms with Crippen molar-refractivity contribution in [3.8, 4) is 0 Å². The Kier molecular flexibility index (Phi) is 2.62. The van der Waals surface area contributed by atoms with Crippen LogP contribution in [0.1, 0.15) is 26.2 Å². The topological polar surface area (TPSA) is 75.0 Å². The zero-order valence-corrected chi connectivity index (χ0v) is 8.86. The number of anilines is 2. The van der Waals surface area contributed by atoms with Gasteiger partial charge in [-0.1, -0.05) is 0 Å². The van der Waals surface area contributed by atoms with Crippen LogP contribution in [0, 0.1) is 0 Å². The van der Waals surface area contributed by atoms with Crippen LogP contribution in [-0.4, -0.2) is 22.6 Å². The monoisotopic (exact) mass is 208 g/mol. The van der Waals surface area contributed by atoms with Crippen LogP contribution in [0.3, 0.4) is 0 Å². The number of H-pyrrole nitrogens is 1. The summed E-state index contributed by atoms with van der Waals surface area (Å²) in [6.45, 7) is 3.11. The van der Waals surface area contributed by atoms with Crippen molar-refractivity contribution < 1.29 is 0 Å². The molecule has 1 atom stereocenters. The van der Waals surface area contributed by atoms with Gasteiger partial charge >= 0.3 is 0 Å². The van der Waals surface area contributed by atoms with Gasteiger partial charge in [-0.3, -0.25) is 9.78 Å². The summed E-state index contributed by atoms with van der Waals surface area (Å²) in [6, 6.07) is 1.95. The summed E-state index contributed by atoms with van der Waals surface area (Å²) in [4.78, 5) is 20.0. The van der Waals surface area contributed by atoms with E-state index in [1.165, 1.54) is 12.5 Å². The van der Waals surface area contributed by atoms with Crippen molar-refractivity contribution in [3.05, 3.63) is 16.4 Å². The Morgan fingerprint density at radius 2 is 2.40 bits per heavy atom. The second kappa shape index (κ2) is 3.92. The van der Waals surface area contributed by atoms with Gasteiger partial charge in [0.1, 0.15) is 5.82 Å². The van der Waals surface area contributed by atoms with Gasteiger partial charge in [0.25, 0.3) is 5.56 Å². The number of hydrogen-bond acceptors (Lipinski definition) is 4. The summed E-state index contributed by atoms with van der Waals surface area (Å²) in [5, 5.41) is 0. The summed E-state index contributed by atoms with van der Waals surface area (Å²) >= 11 is 0. The highest BCUT2D eigenvalue weighted by atomic mass is 16.1. The van der Waals surface area contributed by atoms with Crippen LogP contribution in [0.5, 0.6) is 0 Å². The van der Waals surface area contributed by atoms with E-state index in [0.717, 1.165) is 19.4 Å². The van der Waals surface area contributed by atoms with E-state index in [0.29, 0.717) is 11.9 Å². The molecule has 0 aliphatic carbocycles. The predicted molar refractivity (Wildman–Crippen MR) is 59.9 cm³/mol. The molecule has 0 spiro atoms. The summed E-state index contributed by atoms with van der Waals surface area (Å²) < 4.78 is 0. The molecule has 5 nitrogen and oxygen atoms in total. The van der Waals surface area contributed by atoms with Crippen molar-refractivity contribution in [3.63, 3.8) is 0 Å². The van der Waals surface area contributed by atoms with Gasteiger partial charge in [-0.05, 0) is 26.2 Å². The molecule has 1 aromatic rings. The van der Waals surface area contributed by atoms with E-state index in [2.05, 4.69) is 21.8 Å². The first-order valence-corrected chi connectivity index (χ1v) is 5.30. The molecule has 0 amide bonds. The van der Waals surface area contributed by atoms with Crippen molar-refractivity contribution in [1.29, 1.82) is 0 Å². The molecule has 0 aromatic carbocycles. The summed E-state index contributed by atoms with van der Waals surface area (Å²) in [7, 11) is 0. The molecule has 1 aromatic heterocycles. The summed E-state index contributed by atoms with van der Waals surface area (Å²) in [6.07, 6.45) is 3.55. The molecule has 1 saturated heterocycles. The van der Waals surface area contributed by atoms with Crippen molar-refractivity contribution in [2.24, 2.45) is 0 Å². The number of aromatic nitrogens is 2. The smallest absolute Gasteiger partial charge is 0.254 e. The van der Waals surface area contributed by atoms with Crippen LogP contribution >= 0.6 is 0 Å². The van der Waals surface area contributed by atoms with Crippen molar-refractivity contribution in [1.82, 2.24) is 9.97 Å². The highest BCUT2D eigenvalue weighted by Crippen LogP contribution is 2.21. The van der Waals surface area contributed by atoms with E-state index in [1.54, 1.807) is 0 Å². The summed E-state index contributed by atoms with van der Waals surface area (Å²) in [5.74, 6) is 0.888. The van der Waals surface area contributed by atoms with Crippen molar-refractivity contribution >= 4 is 11.8 Å². The number of nitrogens with one attached hydrogen (secondary N) is 1. The largest absolute Gasteiger partial charge is 0.369 e. The molecule has 0 saturated carbocycles. The Bertz CT molecular complexity index is 401. The molecule has 2 heterocycles. The van der Waals surface area contributed by atoms with Gasteiger partial charge in [0.2, 0.25) is 5.95 Å². The Balaban J connectivity index is 2.31. The van der Waals surface area contributed by atoms with Gasteiger partial charge < -0.3 is 10.6 Å². The fourth-order valence-corrected chi connectivity index (χ4v) is 2.05. The van der Waals surface area contributed by atoms with E-state index < -0.39 is 0 Å². The second-order valence-electron chi connectivity index (χ2n) is 4.03. The Hall–Kier alpha value is -1.52. The number of nitrogens with zero attached hydrogens (tertiary/aromatic N) is 2. The number of piperidine rings is 1. The first-order chi connectivity index (χ1) is 7.16. The quantitative estimate of drug-likeness (QED) is 0.713. The molecule has 1 fully saturated rings. The average molecular weight is 208 g/mol. The fourth-order valence-electron chi connectivity index (χ4n) is 2.05. The zero-order valence-electron chi connectivity index (χ0n) is 8.86. The van der Waals surface area contributed by atoms with Gasteiger partial charge in [0.15, 0.2) is 0 Å². The third-order valence-electron chi connectivity index (χ3n) is 2.84. The van der Waals surface area contributed by atoms with Gasteiger partial charge in [-0.15, -0.1) is 0 Å². The van der Waals surface area contributed by atoms with Gasteiger partial charge in [0.05, 0.1) is 0 Å². The summed E-state index contributed by atoms with van der Waals surface area (Å²) in [5.41, 5.74) is 5.33. The Morgan fingerprint density at radius 3 is 3.07 bits per heavy atom. The average Bonchev–Trinajstić information content (AvgIpc) is 2.16. The minimum atomic E-state index is -0.185. The number of nitrogens with two attached hydrogens (primary N) is 1. The Labute approximate surface area is 88.3 Å². The molecule has 15 heavy (non-hydrogen) atoms. The molecular formula is C10H16N4O. The molecule has 3 N–H and O–H groups in total. The van der Waals surface area contributed by atoms with Crippen LogP contribution < -0.4 is 16.2 Å². The number of hydrogen-bond donors (Lipinski definition) is 2. The number of nitrogen functional groups attached to an aromatic ring is 1. The first kappa shape index (κ1) is 10.0.